The molecule has 1 heterocycles. The van der Waals surface area contributed by atoms with E-state index < -0.39 is 15.9 Å². The molecular weight excluding hydrogens is 336 g/mol. The third-order valence-corrected chi connectivity index (χ3v) is 3.18. The van der Waals surface area contributed by atoms with Crippen LogP contribution in [0.3, 0.4) is 0 Å². The standard InChI is InChI=1S/C13H8N6O6/c20-13(14-7-1-3-8(4-2-7)18(21)22)15-9-5-6-10(19(23)24)12-11(9)16-25-17-12/h1-6H,(H2,14,15,20). The van der Waals surface area contributed by atoms with Crippen molar-refractivity contribution in [1.82, 2.24) is 10.3 Å². The Morgan fingerprint density at radius 2 is 1.60 bits per heavy atom. The number of carbonyl (C=O) groups is 1. The second kappa shape index (κ2) is 6.19. The number of hydrogen-bond donors (Lipinski definition) is 2. The van der Waals surface area contributed by atoms with Crippen molar-refractivity contribution in [1.29, 1.82) is 0 Å². The number of non-ortho nitro benzene ring substituents is 2. The van der Waals surface area contributed by atoms with Crippen LogP contribution in [-0.4, -0.2) is 26.2 Å². The Morgan fingerprint density at radius 3 is 2.24 bits per heavy atom. The summed E-state index contributed by atoms with van der Waals surface area (Å²) in [5, 5.41) is 33.4. The van der Waals surface area contributed by atoms with Gasteiger partial charge in [0.25, 0.3) is 5.69 Å². The summed E-state index contributed by atoms with van der Waals surface area (Å²) in [6, 6.07) is 6.98. The number of amides is 2. The van der Waals surface area contributed by atoms with E-state index in [1.807, 2.05) is 0 Å². The molecule has 0 saturated carbocycles. The molecule has 0 radical (unpaired) electrons. The molecule has 0 atom stereocenters. The van der Waals surface area contributed by atoms with Crippen molar-refractivity contribution in [2.24, 2.45) is 0 Å². The Kier molecular flexibility index (Phi) is 3.91. The third-order valence-electron chi connectivity index (χ3n) is 3.18. The van der Waals surface area contributed by atoms with Crippen LogP contribution in [0.1, 0.15) is 0 Å². The van der Waals surface area contributed by atoms with Gasteiger partial charge in [0.05, 0.1) is 15.5 Å². The molecule has 12 heteroatoms. The van der Waals surface area contributed by atoms with Gasteiger partial charge in [-0.05, 0) is 28.5 Å². The minimum atomic E-state index is -0.674. The molecule has 2 N–H and O–H groups in total. The van der Waals surface area contributed by atoms with Crippen molar-refractivity contribution >= 4 is 39.8 Å². The normalized spacial score (nSPS) is 10.4. The van der Waals surface area contributed by atoms with Crippen molar-refractivity contribution in [3.05, 3.63) is 56.6 Å². The molecule has 2 amide bonds. The van der Waals surface area contributed by atoms with Crippen LogP contribution in [0.15, 0.2) is 41.0 Å². The first kappa shape index (κ1) is 15.8. The van der Waals surface area contributed by atoms with Crippen molar-refractivity contribution in [3.63, 3.8) is 0 Å². The molecule has 0 aliphatic rings. The van der Waals surface area contributed by atoms with Gasteiger partial charge in [0.15, 0.2) is 5.52 Å². The largest absolute Gasteiger partial charge is 0.323 e. The fraction of sp³-hybridized carbons (Fsp3) is 0. The number of rotatable bonds is 4. The first-order valence-electron chi connectivity index (χ1n) is 6.68. The van der Waals surface area contributed by atoms with E-state index in [9.17, 15) is 25.0 Å². The summed E-state index contributed by atoms with van der Waals surface area (Å²) in [4.78, 5) is 32.3. The number of nitro benzene ring substituents is 2. The van der Waals surface area contributed by atoms with E-state index in [1.54, 1.807) is 0 Å². The SMILES string of the molecule is O=C(Nc1ccc([N+](=O)[O-])cc1)Nc1ccc([N+](=O)[O-])c2nonc12. The molecule has 25 heavy (non-hydrogen) atoms. The van der Waals surface area contributed by atoms with Gasteiger partial charge in [-0.1, -0.05) is 0 Å². The van der Waals surface area contributed by atoms with Gasteiger partial charge in [-0.15, -0.1) is 0 Å². The molecule has 1 aromatic heterocycles. The lowest BCUT2D eigenvalue weighted by atomic mass is 10.2. The summed E-state index contributed by atoms with van der Waals surface area (Å²) >= 11 is 0. The van der Waals surface area contributed by atoms with Gasteiger partial charge in [0, 0.05) is 23.9 Å². The Morgan fingerprint density at radius 1 is 0.920 bits per heavy atom. The number of nitrogens with zero attached hydrogens (tertiary/aromatic N) is 4. The van der Waals surface area contributed by atoms with Gasteiger partial charge < -0.3 is 10.6 Å². The molecule has 0 spiro atoms. The first-order chi connectivity index (χ1) is 12.0. The highest BCUT2D eigenvalue weighted by Crippen LogP contribution is 2.28. The highest BCUT2D eigenvalue weighted by atomic mass is 16.6. The van der Waals surface area contributed by atoms with E-state index in [4.69, 9.17) is 0 Å². The summed E-state index contributed by atoms with van der Waals surface area (Å²) in [7, 11) is 0. The fourth-order valence-electron chi connectivity index (χ4n) is 2.05. The Balaban J connectivity index is 1.78. The molecule has 2 aromatic carbocycles. The molecule has 12 nitrogen and oxygen atoms in total. The second-order valence-corrected chi connectivity index (χ2v) is 4.73. The molecule has 0 aliphatic carbocycles. The van der Waals surface area contributed by atoms with E-state index >= 15 is 0 Å². The van der Waals surface area contributed by atoms with Crippen LogP contribution in [0.4, 0.5) is 27.5 Å². The summed E-state index contributed by atoms with van der Waals surface area (Å²) in [6.07, 6.45) is 0. The molecular formula is C13H8N6O6. The molecule has 3 rings (SSSR count). The number of nitrogens with one attached hydrogen (secondary N) is 2. The van der Waals surface area contributed by atoms with Gasteiger partial charge in [0.1, 0.15) is 0 Å². The lowest BCUT2D eigenvalue weighted by Gasteiger charge is -2.07. The Hall–Kier alpha value is -4.09. The Bertz CT molecular complexity index is 982. The zero-order valence-corrected chi connectivity index (χ0v) is 12.2. The van der Waals surface area contributed by atoms with Crippen molar-refractivity contribution < 1.29 is 19.3 Å². The fourth-order valence-corrected chi connectivity index (χ4v) is 2.05. The number of urea groups is 1. The number of benzene rings is 2. The van der Waals surface area contributed by atoms with Crippen molar-refractivity contribution in [2.75, 3.05) is 10.6 Å². The maximum atomic E-state index is 12.0. The highest BCUT2D eigenvalue weighted by Gasteiger charge is 2.20. The molecule has 0 aliphatic heterocycles. The first-order valence-corrected chi connectivity index (χ1v) is 6.68. The molecule has 0 saturated heterocycles. The topological polar surface area (TPSA) is 166 Å². The van der Waals surface area contributed by atoms with E-state index in [2.05, 4.69) is 25.6 Å². The average Bonchev–Trinajstić information content (AvgIpc) is 3.05. The zero-order chi connectivity index (χ0) is 18.0. The lowest BCUT2D eigenvalue weighted by Crippen LogP contribution is -2.19. The summed E-state index contributed by atoms with van der Waals surface area (Å²) in [5.74, 6) is 0. The van der Waals surface area contributed by atoms with E-state index in [0.717, 1.165) is 6.07 Å². The van der Waals surface area contributed by atoms with E-state index in [0.29, 0.717) is 5.69 Å². The minimum Gasteiger partial charge on any atom is -0.308 e. The Labute approximate surface area is 137 Å². The molecule has 0 fully saturated rings. The third kappa shape index (κ3) is 3.17. The van der Waals surface area contributed by atoms with E-state index in [-0.39, 0.29) is 28.1 Å². The highest BCUT2D eigenvalue weighted by molar-refractivity contribution is 6.05. The van der Waals surface area contributed by atoms with Crippen molar-refractivity contribution in [2.45, 2.75) is 0 Å². The van der Waals surface area contributed by atoms with Crippen LogP contribution in [-0.2, 0) is 0 Å². The van der Waals surface area contributed by atoms with Crippen LogP contribution in [0.5, 0.6) is 0 Å². The van der Waals surface area contributed by atoms with Gasteiger partial charge in [0.2, 0.25) is 5.52 Å². The average molecular weight is 344 g/mol. The monoisotopic (exact) mass is 344 g/mol. The predicted molar refractivity (Wildman–Crippen MR) is 84.2 cm³/mol. The second-order valence-electron chi connectivity index (χ2n) is 4.73. The molecule has 3 aromatic rings. The van der Waals surface area contributed by atoms with Gasteiger partial charge in [-0.25, -0.2) is 9.42 Å². The minimum absolute atomic E-state index is 0.0213. The maximum absolute atomic E-state index is 12.0. The lowest BCUT2D eigenvalue weighted by molar-refractivity contribution is -0.384. The summed E-state index contributed by atoms with van der Waals surface area (Å²) in [5.41, 5.74) is -0.0266. The number of hydrogen-bond acceptors (Lipinski definition) is 8. The zero-order valence-electron chi connectivity index (χ0n) is 12.2. The van der Waals surface area contributed by atoms with Crippen LogP contribution >= 0.6 is 0 Å². The maximum Gasteiger partial charge on any atom is 0.323 e. The number of aromatic nitrogens is 2. The van der Waals surface area contributed by atoms with Crippen LogP contribution in [0.2, 0.25) is 0 Å². The number of fused-ring (bicyclic) bond motifs is 1. The number of nitro groups is 2. The quantitative estimate of drug-likeness (QED) is 0.538. The number of carbonyl (C=O) groups excluding carboxylic acids is 1. The van der Waals surface area contributed by atoms with Crippen LogP contribution in [0, 0.1) is 20.2 Å². The van der Waals surface area contributed by atoms with E-state index in [1.165, 1.54) is 30.3 Å². The smallest absolute Gasteiger partial charge is 0.308 e. The van der Waals surface area contributed by atoms with Gasteiger partial charge >= 0.3 is 11.7 Å². The summed E-state index contributed by atoms with van der Waals surface area (Å²) < 4.78 is 4.49. The van der Waals surface area contributed by atoms with Gasteiger partial charge in [-0.2, -0.15) is 0 Å². The van der Waals surface area contributed by atoms with Gasteiger partial charge in [-0.3, -0.25) is 20.2 Å². The molecule has 0 bridgehead atoms. The molecule has 0 unspecified atom stereocenters. The number of anilines is 2. The molecule has 126 valence electrons. The summed E-state index contributed by atoms with van der Waals surface area (Å²) in [6.45, 7) is 0. The van der Waals surface area contributed by atoms with Crippen LogP contribution in [0.25, 0.3) is 11.0 Å². The van der Waals surface area contributed by atoms with Crippen molar-refractivity contribution in [3.8, 4) is 0 Å². The van der Waals surface area contributed by atoms with Crippen LogP contribution < -0.4 is 10.6 Å². The predicted octanol–water partition coefficient (Wildman–Crippen LogP) is 2.68.